The lowest BCUT2D eigenvalue weighted by atomic mass is 10.1. The summed E-state index contributed by atoms with van der Waals surface area (Å²) in [5.74, 6) is -0.599. The fourth-order valence-corrected chi connectivity index (χ4v) is 3.86. The van der Waals surface area contributed by atoms with Crippen LogP contribution in [-0.4, -0.2) is 26.4 Å². The minimum absolute atomic E-state index is 0.0233. The maximum absolute atomic E-state index is 15.3. The molecule has 0 saturated carbocycles. The summed E-state index contributed by atoms with van der Waals surface area (Å²) in [6.07, 6.45) is 1.91. The number of amides is 1. The lowest BCUT2D eigenvalue weighted by molar-refractivity contribution is 0.101. The summed E-state index contributed by atoms with van der Waals surface area (Å²) in [5.41, 5.74) is 7.49. The van der Waals surface area contributed by atoms with Gasteiger partial charge >= 0.3 is 5.69 Å². The number of para-hydroxylation sites is 1. The maximum atomic E-state index is 15.3. The number of benzene rings is 2. The van der Waals surface area contributed by atoms with Gasteiger partial charge in [-0.3, -0.25) is 9.36 Å². The average molecular weight is 470 g/mol. The maximum Gasteiger partial charge on any atom is 0.350 e. The summed E-state index contributed by atoms with van der Waals surface area (Å²) in [7, 11) is 1.59. The molecule has 1 aromatic heterocycles. The van der Waals surface area contributed by atoms with Crippen molar-refractivity contribution >= 4 is 11.6 Å². The van der Waals surface area contributed by atoms with Crippen molar-refractivity contribution in [2.45, 2.75) is 59.6 Å². The highest BCUT2D eigenvalue weighted by atomic mass is 19.1. The van der Waals surface area contributed by atoms with Crippen molar-refractivity contribution in [3.05, 3.63) is 69.1 Å². The second kappa shape index (κ2) is 10.6. The number of rotatable bonds is 9. The number of nitrogens with two attached hydrogens (primary N) is 1. The first kappa shape index (κ1) is 25.2. The highest BCUT2D eigenvalue weighted by molar-refractivity contribution is 6.07. The molecular weight excluding hydrogens is 437 g/mol. The molecule has 9 heteroatoms. The van der Waals surface area contributed by atoms with Crippen LogP contribution in [0.15, 0.2) is 35.1 Å². The largest absolute Gasteiger partial charge is 0.490 e. The summed E-state index contributed by atoms with van der Waals surface area (Å²) in [5, 5.41) is 7.11. The Kier molecular flexibility index (Phi) is 7.88. The zero-order chi connectivity index (χ0) is 25.0. The molecule has 1 atom stereocenters. The number of carbonyl (C=O) groups excluding carboxylic acids is 1. The Labute approximate surface area is 198 Å². The van der Waals surface area contributed by atoms with Gasteiger partial charge in [-0.2, -0.15) is 4.68 Å². The third-order valence-corrected chi connectivity index (χ3v) is 5.75. The summed E-state index contributed by atoms with van der Waals surface area (Å²) >= 11 is 0. The van der Waals surface area contributed by atoms with Crippen LogP contribution in [0.1, 0.15) is 60.9 Å². The van der Waals surface area contributed by atoms with Gasteiger partial charge in [0.2, 0.25) is 0 Å². The minimum atomic E-state index is -0.757. The van der Waals surface area contributed by atoms with Gasteiger partial charge in [0.1, 0.15) is 23.1 Å². The molecule has 3 rings (SSSR count). The van der Waals surface area contributed by atoms with Crippen LogP contribution in [0, 0.1) is 12.7 Å². The fraction of sp³-hybridized carbons (Fsp3) is 0.400. The summed E-state index contributed by atoms with van der Waals surface area (Å²) in [6.45, 7) is 7.86. The molecule has 0 radical (unpaired) electrons. The molecule has 0 unspecified atom stereocenters. The SMILES string of the molecule is CCC[C@H](C)Oc1cc(-n2nc(CC)n(C)c2=O)c(F)cc1C(=O)Nc1c(C)cccc1CN. The van der Waals surface area contributed by atoms with Crippen LogP contribution < -0.4 is 21.5 Å². The van der Waals surface area contributed by atoms with Gasteiger partial charge in [0.15, 0.2) is 0 Å². The monoisotopic (exact) mass is 469 g/mol. The molecule has 3 aromatic rings. The molecule has 1 amide bonds. The van der Waals surface area contributed by atoms with Crippen LogP contribution in [0.2, 0.25) is 0 Å². The van der Waals surface area contributed by atoms with Gasteiger partial charge < -0.3 is 15.8 Å². The van der Waals surface area contributed by atoms with Crippen LogP contribution in [0.5, 0.6) is 5.75 Å². The van der Waals surface area contributed by atoms with E-state index < -0.39 is 17.4 Å². The predicted octanol–water partition coefficient (Wildman–Crippen LogP) is 3.86. The molecule has 0 aliphatic rings. The normalized spacial score (nSPS) is 12.0. The topological polar surface area (TPSA) is 104 Å². The first-order chi connectivity index (χ1) is 16.2. The molecule has 182 valence electrons. The van der Waals surface area contributed by atoms with Crippen molar-refractivity contribution in [2.75, 3.05) is 5.32 Å². The van der Waals surface area contributed by atoms with Crippen molar-refractivity contribution in [2.24, 2.45) is 12.8 Å². The van der Waals surface area contributed by atoms with E-state index >= 15 is 4.39 Å². The third-order valence-electron chi connectivity index (χ3n) is 5.75. The van der Waals surface area contributed by atoms with Gasteiger partial charge in [0.05, 0.1) is 11.7 Å². The number of halogens is 1. The Morgan fingerprint density at radius 1 is 1.29 bits per heavy atom. The van der Waals surface area contributed by atoms with Gasteiger partial charge in [0.25, 0.3) is 5.91 Å². The fourth-order valence-electron chi connectivity index (χ4n) is 3.86. The number of carbonyl (C=O) groups is 1. The number of aromatic nitrogens is 3. The number of aryl methyl sites for hydroxylation is 2. The lowest BCUT2D eigenvalue weighted by Crippen LogP contribution is -2.24. The molecular formula is C25H32FN5O3. The Hall–Kier alpha value is -3.46. The predicted molar refractivity (Wildman–Crippen MR) is 130 cm³/mol. The molecule has 2 aromatic carbocycles. The number of ether oxygens (including phenoxy) is 1. The zero-order valence-corrected chi connectivity index (χ0v) is 20.3. The molecule has 0 saturated heterocycles. The van der Waals surface area contributed by atoms with E-state index in [1.807, 2.05) is 45.9 Å². The number of nitrogens with zero attached hydrogens (tertiary/aromatic N) is 3. The highest BCUT2D eigenvalue weighted by Crippen LogP contribution is 2.29. The highest BCUT2D eigenvalue weighted by Gasteiger charge is 2.23. The van der Waals surface area contributed by atoms with Gasteiger partial charge in [-0.1, -0.05) is 38.5 Å². The van der Waals surface area contributed by atoms with E-state index in [-0.39, 0.29) is 29.6 Å². The zero-order valence-electron chi connectivity index (χ0n) is 20.3. The van der Waals surface area contributed by atoms with Crippen molar-refractivity contribution in [3.8, 4) is 11.4 Å². The lowest BCUT2D eigenvalue weighted by Gasteiger charge is -2.19. The molecule has 0 bridgehead atoms. The van der Waals surface area contributed by atoms with Crippen molar-refractivity contribution in [3.63, 3.8) is 0 Å². The second-order valence-electron chi connectivity index (χ2n) is 8.31. The van der Waals surface area contributed by atoms with Crippen LogP contribution >= 0.6 is 0 Å². The summed E-state index contributed by atoms with van der Waals surface area (Å²) in [6, 6.07) is 8.00. The molecule has 3 N–H and O–H groups in total. The Morgan fingerprint density at radius 2 is 2.03 bits per heavy atom. The Morgan fingerprint density at radius 3 is 2.65 bits per heavy atom. The molecule has 1 heterocycles. The van der Waals surface area contributed by atoms with E-state index in [1.165, 1.54) is 10.6 Å². The summed E-state index contributed by atoms with van der Waals surface area (Å²) < 4.78 is 23.7. The average Bonchev–Trinajstić information content (AvgIpc) is 3.09. The van der Waals surface area contributed by atoms with Crippen molar-refractivity contribution in [1.82, 2.24) is 14.3 Å². The van der Waals surface area contributed by atoms with Crippen molar-refractivity contribution in [1.29, 1.82) is 0 Å². The molecule has 0 spiro atoms. The minimum Gasteiger partial charge on any atom is -0.490 e. The number of hydrogen-bond acceptors (Lipinski definition) is 5. The second-order valence-corrected chi connectivity index (χ2v) is 8.31. The van der Waals surface area contributed by atoms with E-state index in [2.05, 4.69) is 10.4 Å². The quantitative estimate of drug-likeness (QED) is 0.495. The number of anilines is 1. The summed E-state index contributed by atoms with van der Waals surface area (Å²) in [4.78, 5) is 25.9. The van der Waals surface area contributed by atoms with E-state index in [9.17, 15) is 9.59 Å². The van der Waals surface area contributed by atoms with E-state index in [4.69, 9.17) is 10.5 Å². The van der Waals surface area contributed by atoms with Gasteiger partial charge in [-0.15, -0.1) is 5.10 Å². The standard InChI is InChI=1S/C25H32FN5O3/c1-6-9-16(4)34-21-13-20(31-25(33)30(5)22(7-2)29-31)19(26)12-18(21)24(32)28-23-15(3)10-8-11-17(23)14-27/h8,10-13,16H,6-7,9,14,27H2,1-5H3,(H,28,32)/t16-/m0/s1. The van der Waals surface area contributed by atoms with Gasteiger partial charge in [-0.05, 0) is 37.5 Å². The first-order valence-corrected chi connectivity index (χ1v) is 11.5. The Balaban J connectivity index is 2.11. The van der Waals surface area contributed by atoms with Crippen LogP contribution in [0.3, 0.4) is 0 Å². The van der Waals surface area contributed by atoms with Crippen molar-refractivity contribution < 1.29 is 13.9 Å². The Bertz CT molecular complexity index is 1250. The number of nitrogens with one attached hydrogen (secondary N) is 1. The van der Waals surface area contributed by atoms with Crippen LogP contribution in [-0.2, 0) is 20.0 Å². The molecule has 0 aliphatic carbocycles. The first-order valence-electron chi connectivity index (χ1n) is 11.5. The molecule has 0 aliphatic heterocycles. The van der Waals surface area contributed by atoms with Gasteiger partial charge in [-0.25, -0.2) is 9.18 Å². The van der Waals surface area contributed by atoms with Crippen LogP contribution in [0.25, 0.3) is 5.69 Å². The van der Waals surface area contributed by atoms with Crippen LogP contribution in [0.4, 0.5) is 10.1 Å². The molecule has 34 heavy (non-hydrogen) atoms. The van der Waals surface area contributed by atoms with E-state index in [0.29, 0.717) is 17.9 Å². The van der Waals surface area contributed by atoms with E-state index in [1.54, 1.807) is 7.05 Å². The van der Waals surface area contributed by atoms with Gasteiger partial charge in [0, 0.05) is 31.8 Å². The number of hydrogen-bond donors (Lipinski definition) is 2. The third kappa shape index (κ3) is 5.04. The smallest absolute Gasteiger partial charge is 0.350 e. The molecule has 0 fully saturated rings. The molecule has 8 nitrogen and oxygen atoms in total. The van der Waals surface area contributed by atoms with E-state index in [0.717, 1.165) is 34.7 Å².